The van der Waals surface area contributed by atoms with E-state index in [4.69, 9.17) is 4.74 Å². The van der Waals surface area contributed by atoms with Crippen LogP contribution in [-0.4, -0.2) is 56.7 Å². The van der Waals surface area contributed by atoms with Gasteiger partial charge in [-0.15, -0.1) is 0 Å². The van der Waals surface area contributed by atoms with Crippen molar-refractivity contribution in [3.8, 4) is 5.75 Å². The van der Waals surface area contributed by atoms with Gasteiger partial charge in [-0.25, -0.2) is 0 Å². The molecule has 0 radical (unpaired) electrons. The number of benzene rings is 2. The van der Waals surface area contributed by atoms with Crippen LogP contribution in [-0.2, 0) is 4.79 Å². The maximum atomic E-state index is 12.0. The Kier molecular flexibility index (Phi) is 8.38. The molecule has 1 saturated heterocycles. The van der Waals surface area contributed by atoms with Crippen molar-refractivity contribution in [2.45, 2.75) is 26.2 Å². The summed E-state index contributed by atoms with van der Waals surface area (Å²) in [5.74, 6) is 0.990. The van der Waals surface area contributed by atoms with Gasteiger partial charge >= 0.3 is 0 Å². The van der Waals surface area contributed by atoms with Crippen LogP contribution in [0.4, 0.5) is 5.69 Å². The van der Waals surface area contributed by atoms with E-state index in [1.54, 1.807) is 0 Å². The SMILES string of the molecule is Cc1cccc(OCCCC(=O)NCCCN2CCN(c3ccccc3)CC2)c1. The molecule has 2 aromatic carbocycles. The lowest BCUT2D eigenvalue weighted by Crippen LogP contribution is -2.47. The predicted molar refractivity (Wildman–Crippen MR) is 119 cm³/mol. The lowest BCUT2D eigenvalue weighted by Gasteiger charge is -2.36. The Labute approximate surface area is 174 Å². The van der Waals surface area contributed by atoms with Crippen molar-refractivity contribution in [2.75, 3.05) is 50.8 Å². The summed E-state index contributed by atoms with van der Waals surface area (Å²) in [6.07, 6.45) is 2.25. The quantitative estimate of drug-likeness (QED) is 0.626. The lowest BCUT2D eigenvalue weighted by atomic mass is 10.2. The van der Waals surface area contributed by atoms with Crippen molar-refractivity contribution in [1.82, 2.24) is 10.2 Å². The molecule has 156 valence electrons. The summed E-state index contributed by atoms with van der Waals surface area (Å²) >= 11 is 0. The monoisotopic (exact) mass is 395 g/mol. The van der Waals surface area contributed by atoms with Gasteiger partial charge in [0.05, 0.1) is 6.61 Å². The zero-order valence-corrected chi connectivity index (χ0v) is 17.5. The average molecular weight is 396 g/mol. The first kappa shape index (κ1) is 21.2. The predicted octanol–water partition coefficient (Wildman–Crippen LogP) is 3.48. The van der Waals surface area contributed by atoms with Crippen molar-refractivity contribution >= 4 is 11.6 Å². The molecule has 5 nitrogen and oxygen atoms in total. The zero-order chi connectivity index (χ0) is 20.3. The summed E-state index contributed by atoms with van der Waals surface area (Å²) in [7, 11) is 0. The highest BCUT2D eigenvalue weighted by molar-refractivity contribution is 5.75. The number of hydrogen-bond acceptors (Lipinski definition) is 4. The smallest absolute Gasteiger partial charge is 0.220 e. The Hall–Kier alpha value is -2.53. The second-order valence-corrected chi connectivity index (χ2v) is 7.64. The van der Waals surface area contributed by atoms with Crippen LogP contribution in [0.15, 0.2) is 54.6 Å². The Morgan fingerprint density at radius 3 is 2.55 bits per heavy atom. The minimum Gasteiger partial charge on any atom is -0.494 e. The molecule has 3 rings (SSSR count). The first-order valence-electron chi connectivity index (χ1n) is 10.7. The van der Waals surface area contributed by atoms with Crippen molar-refractivity contribution in [3.63, 3.8) is 0 Å². The number of piperazine rings is 1. The number of carbonyl (C=O) groups excluding carboxylic acids is 1. The zero-order valence-electron chi connectivity index (χ0n) is 17.5. The minimum atomic E-state index is 0.117. The first-order valence-corrected chi connectivity index (χ1v) is 10.7. The molecule has 0 atom stereocenters. The van der Waals surface area contributed by atoms with Crippen molar-refractivity contribution in [1.29, 1.82) is 0 Å². The molecular formula is C24H33N3O2. The Morgan fingerprint density at radius 2 is 1.79 bits per heavy atom. The van der Waals surface area contributed by atoms with Gasteiger partial charge in [-0.05, 0) is 56.1 Å². The van der Waals surface area contributed by atoms with Crippen molar-refractivity contribution in [2.24, 2.45) is 0 Å². The first-order chi connectivity index (χ1) is 14.2. The average Bonchev–Trinajstić information content (AvgIpc) is 2.75. The normalized spacial score (nSPS) is 14.6. The van der Waals surface area contributed by atoms with E-state index in [2.05, 4.69) is 45.4 Å². The van der Waals surface area contributed by atoms with Gasteiger partial charge in [-0.3, -0.25) is 9.69 Å². The lowest BCUT2D eigenvalue weighted by molar-refractivity contribution is -0.121. The largest absolute Gasteiger partial charge is 0.494 e. The number of rotatable bonds is 10. The van der Waals surface area contributed by atoms with Gasteiger partial charge < -0.3 is 15.0 Å². The highest BCUT2D eigenvalue weighted by Gasteiger charge is 2.16. The summed E-state index contributed by atoms with van der Waals surface area (Å²) in [6, 6.07) is 18.6. The second kappa shape index (κ2) is 11.5. The summed E-state index contributed by atoms with van der Waals surface area (Å²) in [4.78, 5) is 16.9. The number of nitrogens with one attached hydrogen (secondary N) is 1. The van der Waals surface area contributed by atoms with Crippen LogP contribution in [0, 0.1) is 6.92 Å². The fourth-order valence-electron chi connectivity index (χ4n) is 3.62. The van der Waals surface area contributed by atoms with Crippen LogP contribution in [0.25, 0.3) is 0 Å². The van der Waals surface area contributed by atoms with Crippen LogP contribution < -0.4 is 15.0 Å². The number of hydrogen-bond donors (Lipinski definition) is 1. The summed E-state index contributed by atoms with van der Waals surface area (Å²) < 4.78 is 5.69. The molecule has 1 heterocycles. The highest BCUT2D eigenvalue weighted by atomic mass is 16.5. The fraction of sp³-hybridized carbons (Fsp3) is 0.458. The Morgan fingerprint density at radius 1 is 1.00 bits per heavy atom. The summed E-state index contributed by atoms with van der Waals surface area (Å²) in [6.45, 7) is 8.70. The van der Waals surface area contributed by atoms with E-state index in [1.165, 1.54) is 11.3 Å². The number of nitrogens with zero attached hydrogens (tertiary/aromatic N) is 2. The van der Waals surface area contributed by atoms with Crippen molar-refractivity contribution < 1.29 is 9.53 Å². The summed E-state index contributed by atoms with van der Waals surface area (Å²) in [5, 5.41) is 3.03. The fourth-order valence-corrected chi connectivity index (χ4v) is 3.62. The van der Waals surface area contributed by atoms with Gasteiger partial charge in [-0.1, -0.05) is 30.3 Å². The molecule has 1 amide bonds. The van der Waals surface area contributed by atoms with E-state index in [0.717, 1.165) is 57.9 Å². The third-order valence-electron chi connectivity index (χ3n) is 5.27. The number of carbonyl (C=O) groups is 1. The van der Waals surface area contributed by atoms with E-state index in [0.29, 0.717) is 13.0 Å². The third-order valence-corrected chi connectivity index (χ3v) is 5.27. The third kappa shape index (κ3) is 7.42. The van der Waals surface area contributed by atoms with Crippen LogP contribution in [0.3, 0.4) is 0 Å². The molecule has 0 aromatic heterocycles. The summed E-state index contributed by atoms with van der Waals surface area (Å²) in [5.41, 5.74) is 2.49. The molecule has 0 bridgehead atoms. The van der Waals surface area contributed by atoms with Gasteiger partial charge in [0.2, 0.25) is 5.91 Å². The maximum absolute atomic E-state index is 12.0. The minimum absolute atomic E-state index is 0.117. The molecule has 0 aliphatic carbocycles. The van der Waals surface area contributed by atoms with Crippen LogP contribution in [0.2, 0.25) is 0 Å². The molecule has 0 spiro atoms. The number of amides is 1. The van der Waals surface area contributed by atoms with Gasteiger partial charge in [0.25, 0.3) is 0 Å². The van der Waals surface area contributed by atoms with E-state index in [1.807, 2.05) is 31.2 Å². The molecule has 5 heteroatoms. The molecule has 2 aromatic rings. The van der Waals surface area contributed by atoms with Crippen LogP contribution >= 0.6 is 0 Å². The van der Waals surface area contributed by atoms with Gasteiger partial charge in [0.15, 0.2) is 0 Å². The van der Waals surface area contributed by atoms with E-state index in [9.17, 15) is 4.79 Å². The molecule has 0 saturated carbocycles. The number of ether oxygens (including phenoxy) is 1. The molecule has 1 fully saturated rings. The Balaban J connectivity index is 1.20. The molecule has 1 N–H and O–H groups in total. The molecule has 29 heavy (non-hydrogen) atoms. The van der Waals surface area contributed by atoms with Gasteiger partial charge in [-0.2, -0.15) is 0 Å². The van der Waals surface area contributed by atoms with Crippen molar-refractivity contribution in [3.05, 3.63) is 60.2 Å². The second-order valence-electron chi connectivity index (χ2n) is 7.64. The standard InChI is InChI=1S/C24H33N3O2/c1-21-8-5-11-23(20-21)29-19-6-12-24(28)25-13-7-14-26-15-17-27(18-16-26)22-9-3-2-4-10-22/h2-5,8-11,20H,6-7,12-19H2,1H3,(H,25,28). The van der Waals surface area contributed by atoms with E-state index < -0.39 is 0 Å². The number of para-hydroxylation sites is 1. The highest BCUT2D eigenvalue weighted by Crippen LogP contribution is 2.15. The van der Waals surface area contributed by atoms with E-state index in [-0.39, 0.29) is 5.91 Å². The van der Waals surface area contributed by atoms with Gasteiger partial charge in [0.1, 0.15) is 5.75 Å². The topological polar surface area (TPSA) is 44.8 Å². The molecule has 0 unspecified atom stereocenters. The maximum Gasteiger partial charge on any atom is 0.220 e. The number of anilines is 1. The molecular weight excluding hydrogens is 362 g/mol. The molecule has 1 aliphatic heterocycles. The van der Waals surface area contributed by atoms with Crippen LogP contribution in [0.5, 0.6) is 5.75 Å². The number of aryl methyl sites for hydroxylation is 1. The van der Waals surface area contributed by atoms with Crippen LogP contribution in [0.1, 0.15) is 24.8 Å². The molecule has 1 aliphatic rings. The Bertz CT molecular complexity index is 743. The van der Waals surface area contributed by atoms with E-state index >= 15 is 0 Å². The van der Waals surface area contributed by atoms with Gasteiger partial charge in [0, 0.05) is 44.8 Å².